The molecule has 1 aromatic carbocycles. The van der Waals surface area contributed by atoms with Crippen LogP contribution in [0, 0.1) is 11.3 Å². The molecule has 1 aromatic heterocycles. The first-order chi connectivity index (χ1) is 9.28. The van der Waals surface area contributed by atoms with E-state index >= 15 is 0 Å². The van der Waals surface area contributed by atoms with Crippen molar-refractivity contribution in [1.82, 2.24) is 9.97 Å². The van der Waals surface area contributed by atoms with Crippen molar-refractivity contribution < 1.29 is 4.74 Å². The van der Waals surface area contributed by atoms with E-state index in [2.05, 4.69) is 16.0 Å². The summed E-state index contributed by atoms with van der Waals surface area (Å²) in [4.78, 5) is 8.66. The SMILES string of the molecule is CCC(C#N)c1nccc(-c2cccc(OC)c2)n1. The Kier molecular flexibility index (Phi) is 4.09. The van der Waals surface area contributed by atoms with E-state index in [0.29, 0.717) is 12.2 Å². The fraction of sp³-hybridized carbons (Fsp3) is 0.267. The summed E-state index contributed by atoms with van der Waals surface area (Å²) >= 11 is 0. The number of nitrogens with zero attached hydrogens (tertiary/aromatic N) is 3. The van der Waals surface area contributed by atoms with Crippen LogP contribution in [0.15, 0.2) is 36.5 Å². The Balaban J connectivity index is 2.40. The minimum Gasteiger partial charge on any atom is -0.497 e. The number of nitriles is 1. The van der Waals surface area contributed by atoms with Gasteiger partial charge in [0.25, 0.3) is 0 Å². The number of ether oxygens (including phenoxy) is 1. The van der Waals surface area contributed by atoms with Crippen molar-refractivity contribution in [3.8, 4) is 23.1 Å². The highest BCUT2D eigenvalue weighted by molar-refractivity contribution is 5.60. The molecule has 0 amide bonds. The molecule has 0 saturated carbocycles. The molecule has 0 N–H and O–H groups in total. The van der Waals surface area contributed by atoms with Crippen LogP contribution in [-0.4, -0.2) is 17.1 Å². The maximum absolute atomic E-state index is 9.07. The average Bonchev–Trinajstić information content (AvgIpc) is 2.49. The maximum atomic E-state index is 9.07. The largest absolute Gasteiger partial charge is 0.497 e. The number of hydrogen-bond acceptors (Lipinski definition) is 4. The van der Waals surface area contributed by atoms with Gasteiger partial charge in [-0.05, 0) is 24.6 Å². The van der Waals surface area contributed by atoms with Crippen LogP contribution in [0.4, 0.5) is 0 Å². The summed E-state index contributed by atoms with van der Waals surface area (Å²) in [5, 5.41) is 9.07. The van der Waals surface area contributed by atoms with Gasteiger partial charge in [0.1, 0.15) is 17.5 Å². The molecule has 0 aliphatic heterocycles. The van der Waals surface area contributed by atoms with Crippen LogP contribution in [0.2, 0.25) is 0 Å². The number of methoxy groups -OCH3 is 1. The van der Waals surface area contributed by atoms with Crippen LogP contribution in [0.3, 0.4) is 0 Å². The smallest absolute Gasteiger partial charge is 0.146 e. The second-order valence-corrected chi connectivity index (χ2v) is 4.12. The average molecular weight is 253 g/mol. The predicted molar refractivity (Wildman–Crippen MR) is 72.7 cm³/mol. The third kappa shape index (κ3) is 2.89. The first kappa shape index (κ1) is 13.0. The molecule has 96 valence electrons. The molecule has 1 unspecified atom stereocenters. The zero-order valence-corrected chi connectivity index (χ0v) is 11.0. The van der Waals surface area contributed by atoms with Gasteiger partial charge in [0.15, 0.2) is 0 Å². The highest BCUT2D eigenvalue weighted by Crippen LogP contribution is 2.23. The van der Waals surface area contributed by atoms with Crippen LogP contribution in [0.25, 0.3) is 11.3 Å². The van der Waals surface area contributed by atoms with Crippen molar-refractivity contribution in [1.29, 1.82) is 5.26 Å². The molecule has 2 aromatic rings. The van der Waals surface area contributed by atoms with Crippen molar-refractivity contribution in [2.45, 2.75) is 19.3 Å². The first-order valence-electron chi connectivity index (χ1n) is 6.15. The first-order valence-corrected chi connectivity index (χ1v) is 6.15. The molecular formula is C15H15N3O. The fourth-order valence-corrected chi connectivity index (χ4v) is 1.82. The lowest BCUT2D eigenvalue weighted by Gasteiger charge is -2.08. The maximum Gasteiger partial charge on any atom is 0.146 e. The Morgan fingerprint density at radius 1 is 1.37 bits per heavy atom. The Hall–Kier alpha value is -2.41. The van der Waals surface area contributed by atoms with E-state index in [1.807, 2.05) is 37.3 Å². The van der Waals surface area contributed by atoms with Gasteiger partial charge in [-0.1, -0.05) is 19.1 Å². The van der Waals surface area contributed by atoms with Crippen LogP contribution < -0.4 is 4.74 Å². The second-order valence-electron chi connectivity index (χ2n) is 4.12. The molecule has 4 heteroatoms. The van der Waals surface area contributed by atoms with Gasteiger partial charge in [0.05, 0.1) is 18.9 Å². The van der Waals surface area contributed by atoms with Crippen molar-refractivity contribution in [3.63, 3.8) is 0 Å². The second kappa shape index (κ2) is 5.96. The van der Waals surface area contributed by atoms with Gasteiger partial charge in [-0.25, -0.2) is 9.97 Å². The molecule has 1 heterocycles. The molecule has 4 nitrogen and oxygen atoms in total. The fourth-order valence-electron chi connectivity index (χ4n) is 1.82. The predicted octanol–water partition coefficient (Wildman–Crippen LogP) is 3.17. The van der Waals surface area contributed by atoms with Gasteiger partial charge in [-0.15, -0.1) is 0 Å². The van der Waals surface area contributed by atoms with Gasteiger partial charge in [-0.2, -0.15) is 5.26 Å². The van der Waals surface area contributed by atoms with Crippen LogP contribution in [0.1, 0.15) is 25.1 Å². The Bertz CT molecular complexity index is 604. The minimum atomic E-state index is -0.259. The molecule has 0 fully saturated rings. The van der Waals surface area contributed by atoms with E-state index in [0.717, 1.165) is 17.0 Å². The third-order valence-corrected chi connectivity index (χ3v) is 2.92. The molecule has 19 heavy (non-hydrogen) atoms. The van der Waals surface area contributed by atoms with Crippen LogP contribution in [-0.2, 0) is 0 Å². The quantitative estimate of drug-likeness (QED) is 0.839. The third-order valence-electron chi connectivity index (χ3n) is 2.92. The topological polar surface area (TPSA) is 58.8 Å². The summed E-state index contributed by atoms with van der Waals surface area (Å²) in [6.07, 6.45) is 2.40. The van der Waals surface area contributed by atoms with E-state index in [9.17, 15) is 0 Å². The number of benzene rings is 1. The molecular weight excluding hydrogens is 238 g/mol. The Morgan fingerprint density at radius 2 is 2.21 bits per heavy atom. The standard InChI is InChI=1S/C15H15N3O/c1-3-11(10-16)15-17-8-7-14(18-15)12-5-4-6-13(9-12)19-2/h4-9,11H,3H2,1-2H3. The van der Waals surface area contributed by atoms with Crippen molar-refractivity contribution >= 4 is 0 Å². The highest BCUT2D eigenvalue weighted by atomic mass is 16.5. The van der Waals surface area contributed by atoms with Gasteiger partial charge >= 0.3 is 0 Å². The zero-order chi connectivity index (χ0) is 13.7. The molecule has 1 atom stereocenters. The zero-order valence-electron chi connectivity index (χ0n) is 11.0. The molecule has 2 rings (SSSR count). The summed E-state index contributed by atoms with van der Waals surface area (Å²) in [7, 11) is 1.63. The lowest BCUT2D eigenvalue weighted by atomic mass is 10.1. The number of aromatic nitrogens is 2. The van der Waals surface area contributed by atoms with E-state index < -0.39 is 0 Å². The van der Waals surface area contributed by atoms with Crippen molar-refractivity contribution in [3.05, 3.63) is 42.4 Å². The van der Waals surface area contributed by atoms with Gasteiger partial charge in [-0.3, -0.25) is 0 Å². The van der Waals surface area contributed by atoms with Crippen LogP contribution >= 0.6 is 0 Å². The molecule has 0 aliphatic rings. The summed E-state index contributed by atoms with van der Waals surface area (Å²) in [5.74, 6) is 1.10. The Morgan fingerprint density at radius 3 is 2.89 bits per heavy atom. The van der Waals surface area contributed by atoms with Crippen molar-refractivity contribution in [2.75, 3.05) is 7.11 Å². The normalized spacial score (nSPS) is 11.6. The van der Waals surface area contributed by atoms with Gasteiger partial charge < -0.3 is 4.74 Å². The van der Waals surface area contributed by atoms with E-state index in [1.54, 1.807) is 13.3 Å². The Labute approximate surface area is 112 Å². The molecule has 0 bridgehead atoms. The van der Waals surface area contributed by atoms with E-state index in [-0.39, 0.29) is 5.92 Å². The summed E-state index contributed by atoms with van der Waals surface area (Å²) < 4.78 is 5.20. The summed E-state index contributed by atoms with van der Waals surface area (Å²) in [5.41, 5.74) is 1.76. The van der Waals surface area contributed by atoms with E-state index in [4.69, 9.17) is 10.00 Å². The molecule has 0 saturated heterocycles. The molecule has 0 spiro atoms. The lowest BCUT2D eigenvalue weighted by Crippen LogP contribution is -2.02. The van der Waals surface area contributed by atoms with Crippen LogP contribution in [0.5, 0.6) is 5.75 Å². The van der Waals surface area contributed by atoms with E-state index in [1.165, 1.54) is 0 Å². The highest BCUT2D eigenvalue weighted by Gasteiger charge is 2.12. The minimum absolute atomic E-state index is 0.259. The summed E-state index contributed by atoms with van der Waals surface area (Å²) in [6.45, 7) is 1.95. The van der Waals surface area contributed by atoms with Gasteiger partial charge in [0, 0.05) is 11.8 Å². The van der Waals surface area contributed by atoms with Crippen molar-refractivity contribution in [2.24, 2.45) is 0 Å². The summed E-state index contributed by atoms with van der Waals surface area (Å²) in [6, 6.07) is 11.7. The lowest BCUT2D eigenvalue weighted by molar-refractivity contribution is 0.415. The monoisotopic (exact) mass is 253 g/mol. The van der Waals surface area contributed by atoms with Gasteiger partial charge in [0.2, 0.25) is 0 Å². The number of rotatable bonds is 4. The molecule has 0 radical (unpaired) electrons. The molecule has 0 aliphatic carbocycles. The number of hydrogen-bond donors (Lipinski definition) is 0.